The summed E-state index contributed by atoms with van der Waals surface area (Å²) in [5.74, 6) is 0.965. The summed E-state index contributed by atoms with van der Waals surface area (Å²) < 4.78 is 0. The lowest BCUT2D eigenvalue weighted by molar-refractivity contribution is 0.899. The molecule has 0 saturated heterocycles. The zero-order valence-electron chi connectivity index (χ0n) is 8.80. The van der Waals surface area contributed by atoms with Gasteiger partial charge in [0.15, 0.2) is 0 Å². The third-order valence-electron chi connectivity index (χ3n) is 1.80. The smallest absolute Gasteiger partial charge is 0.0447 e. The van der Waals surface area contributed by atoms with Gasteiger partial charge < -0.3 is 5.32 Å². The Labute approximate surface area is 95.2 Å². The topological polar surface area (TPSA) is 12.0 Å². The first-order valence-corrected chi connectivity index (χ1v) is 6.44. The first-order valence-electron chi connectivity index (χ1n) is 4.67. The normalized spacial score (nSPS) is 10.6. The molecular weight excluding hydrogens is 214 g/mol. The minimum atomic E-state index is 0.457. The van der Waals surface area contributed by atoms with Crippen LogP contribution in [0.4, 0.5) is 5.69 Å². The molecule has 1 aromatic rings. The summed E-state index contributed by atoms with van der Waals surface area (Å²) >= 11 is 7.85. The molecule has 0 spiro atoms. The van der Waals surface area contributed by atoms with Crippen LogP contribution >= 0.6 is 23.4 Å². The molecular formula is C11H16ClNS. The Kier molecular flexibility index (Phi) is 4.63. The number of nitrogens with one attached hydrogen (secondary N) is 1. The van der Waals surface area contributed by atoms with Crippen molar-refractivity contribution in [3.05, 3.63) is 28.8 Å². The van der Waals surface area contributed by atoms with Crippen molar-refractivity contribution in [3.63, 3.8) is 0 Å². The van der Waals surface area contributed by atoms with Crippen molar-refractivity contribution in [2.75, 3.05) is 11.6 Å². The van der Waals surface area contributed by atoms with E-state index in [4.69, 9.17) is 11.6 Å². The minimum Gasteiger partial charge on any atom is -0.383 e. The van der Waals surface area contributed by atoms with Gasteiger partial charge in [-0.25, -0.2) is 0 Å². The van der Waals surface area contributed by atoms with Gasteiger partial charge in [-0.3, -0.25) is 0 Å². The summed E-state index contributed by atoms with van der Waals surface area (Å²) in [6.45, 7) is 4.26. The lowest BCUT2D eigenvalue weighted by atomic mass is 10.2. The number of benzene rings is 1. The van der Waals surface area contributed by atoms with Gasteiger partial charge in [-0.05, 0) is 43.9 Å². The van der Waals surface area contributed by atoms with Crippen molar-refractivity contribution in [2.24, 2.45) is 0 Å². The Morgan fingerprint density at radius 3 is 2.71 bits per heavy atom. The van der Waals surface area contributed by atoms with Gasteiger partial charge in [0.2, 0.25) is 0 Å². The Morgan fingerprint density at radius 1 is 1.43 bits per heavy atom. The molecule has 0 aliphatic rings. The Balaban J connectivity index is 2.83. The van der Waals surface area contributed by atoms with E-state index in [1.807, 2.05) is 12.1 Å². The van der Waals surface area contributed by atoms with Crippen LogP contribution in [0.5, 0.6) is 0 Å². The molecule has 0 unspecified atom stereocenters. The van der Waals surface area contributed by atoms with E-state index in [0.717, 1.165) is 16.5 Å². The molecule has 0 fully saturated rings. The lowest BCUT2D eigenvalue weighted by Crippen LogP contribution is -2.09. The van der Waals surface area contributed by atoms with E-state index >= 15 is 0 Å². The number of hydrogen-bond acceptors (Lipinski definition) is 2. The zero-order valence-corrected chi connectivity index (χ0v) is 10.4. The first-order chi connectivity index (χ1) is 6.63. The SMILES string of the molecule is CSCc1cc(NC(C)C)ccc1Cl. The van der Waals surface area contributed by atoms with Crippen LogP contribution < -0.4 is 5.32 Å². The summed E-state index contributed by atoms with van der Waals surface area (Å²) in [6.07, 6.45) is 2.08. The quantitative estimate of drug-likeness (QED) is 0.837. The third kappa shape index (κ3) is 3.43. The molecule has 0 aliphatic carbocycles. The van der Waals surface area contributed by atoms with Gasteiger partial charge >= 0.3 is 0 Å². The second-order valence-electron chi connectivity index (χ2n) is 3.54. The monoisotopic (exact) mass is 229 g/mol. The van der Waals surface area contributed by atoms with Crippen LogP contribution in [-0.2, 0) is 5.75 Å². The van der Waals surface area contributed by atoms with E-state index in [0.29, 0.717) is 6.04 Å². The zero-order chi connectivity index (χ0) is 10.6. The number of halogens is 1. The fourth-order valence-electron chi connectivity index (χ4n) is 1.26. The highest BCUT2D eigenvalue weighted by Crippen LogP contribution is 2.24. The number of thioether (sulfide) groups is 1. The lowest BCUT2D eigenvalue weighted by Gasteiger charge is -2.12. The van der Waals surface area contributed by atoms with Crippen LogP contribution in [0.3, 0.4) is 0 Å². The highest BCUT2D eigenvalue weighted by Gasteiger charge is 2.02. The fourth-order valence-corrected chi connectivity index (χ4v) is 2.08. The maximum atomic E-state index is 6.07. The fraction of sp³-hybridized carbons (Fsp3) is 0.455. The van der Waals surface area contributed by atoms with Crippen molar-refractivity contribution in [2.45, 2.75) is 25.6 Å². The molecule has 0 aromatic heterocycles. The van der Waals surface area contributed by atoms with Crippen LogP contribution in [0, 0.1) is 0 Å². The Hall–Kier alpha value is -0.340. The summed E-state index contributed by atoms with van der Waals surface area (Å²) in [5.41, 5.74) is 2.35. The van der Waals surface area contributed by atoms with Gasteiger partial charge in [-0.15, -0.1) is 0 Å². The van der Waals surface area contributed by atoms with Crippen molar-refractivity contribution in [3.8, 4) is 0 Å². The standard InChI is InChI=1S/C11H16ClNS/c1-8(2)13-10-4-5-11(12)9(6-10)7-14-3/h4-6,8,13H,7H2,1-3H3. The Morgan fingerprint density at radius 2 is 2.14 bits per heavy atom. The van der Waals surface area contributed by atoms with Crippen LogP contribution in [-0.4, -0.2) is 12.3 Å². The summed E-state index contributed by atoms with van der Waals surface area (Å²) in [7, 11) is 0. The summed E-state index contributed by atoms with van der Waals surface area (Å²) in [5, 5.41) is 4.22. The molecule has 0 bridgehead atoms. The molecule has 1 nitrogen and oxygen atoms in total. The second kappa shape index (κ2) is 5.52. The van der Waals surface area contributed by atoms with E-state index < -0.39 is 0 Å². The second-order valence-corrected chi connectivity index (χ2v) is 4.81. The molecule has 78 valence electrons. The molecule has 1 aromatic carbocycles. The number of anilines is 1. The van der Waals surface area contributed by atoms with Gasteiger partial charge in [-0.1, -0.05) is 11.6 Å². The maximum Gasteiger partial charge on any atom is 0.0447 e. The van der Waals surface area contributed by atoms with Crippen LogP contribution in [0.1, 0.15) is 19.4 Å². The van der Waals surface area contributed by atoms with Gasteiger partial charge in [0.1, 0.15) is 0 Å². The van der Waals surface area contributed by atoms with Gasteiger partial charge in [0.05, 0.1) is 0 Å². The van der Waals surface area contributed by atoms with Gasteiger partial charge in [0, 0.05) is 22.5 Å². The van der Waals surface area contributed by atoms with Gasteiger partial charge in [0.25, 0.3) is 0 Å². The molecule has 0 heterocycles. The van der Waals surface area contributed by atoms with E-state index in [9.17, 15) is 0 Å². The molecule has 14 heavy (non-hydrogen) atoms. The van der Waals surface area contributed by atoms with Crippen LogP contribution in [0.2, 0.25) is 5.02 Å². The molecule has 0 aliphatic heterocycles. The molecule has 0 radical (unpaired) electrons. The molecule has 3 heteroatoms. The molecule has 1 N–H and O–H groups in total. The summed E-state index contributed by atoms with van der Waals surface area (Å²) in [6, 6.07) is 6.56. The molecule has 0 atom stereocenters. The average molecular weight is 230 g/mol. The predicted octanol–water partition coefficient (Wildman–Crippen LogP) is 4.02. The van der Waals surface area contributed by atoms with E-state index in [-0.39, 0.29) is 0 Å². The third-order valence-corrected chi connectivity index (χ3v) is 2.77. The van der Waals surface area contributed by atoms with Crippen LogP contribution in [0.25, 0.3) is 0 Å². The largest absolute Gasteiger partial charge is 0.383 e. The summed E-state index contributed by atoms with van der Waals surface area (Å²) in [4.78, 5) is 0. The number of rotatable bonds is 4. The van der Waals surface area contributed by atoms with Crippen molar-refractivity contribution < 1.29 is 0 Å². The van der Waals surface area contributed by atoms with Crippen molar-refractivity contribution in [1.82, 2.24) is 0 Å². The highest BCUT2D eigenvalue weighted by molar-refractivity contribution is 7.97. The van der Waals surface area contributed by atoms with E-state index in [1.165, 1.54) is 5.56 Å². The Bertz CT molecular complexity index is 299. The van der Waals surface area contributed by atoms with Crippen LogP contribution in [0.15, 0.2) is 18.2 Å². The maximum absolute atomic E-state index is 6.07. The average Bonchev–Trinajstić information content (AvgIpc) is 2.10. The van der Waals surface area contributed by atoms with Gasteiger partial charge in [-0.2, -0.15) is 11.8 Å². The van der Waals surface area contributed by atoms with E-state index in [2.05, 4.69) is 31.5 Å². The molecule has 0 amide bonds. The van der Waals surface area contributed by atoms with Crippen molar-refractivity contribution >= 4 is 29.1 Å². The molecule has 0 saturated carbocycles. The van der Waals surface area contributed by atoms with Crippen molar-refractivity contribution in [1.29, 1.82) is 0 Å². The first kappa shape index (κ1) is 11.7. The minimum absolute atomic E-state index is 0.457. The highest BCUT2D eigenvalue weighted by atomic mass is 35.5. The molecule has 1 rings (SSSR count). The number of hydrogen-bond donors (Lipinski definition) is 1. The van der Waals surface area contributed by atoms with E-state index in [1.54, 1.807) is 11.8 Å². The predicted molar refractivity (Wildman–Crippen MR) is 67.4 cm³/mol.